The Labute approximate surface area is 149 Å². The second-order valence-corrected chi connectivity index (χ2v) is 7.67. The van der Waals surface area contributed by atoms with Crippen molar-refractivity contribution in [2.24, 2.45) is 0 Å². The topological polar surface area (TPSA) is 99.3 Å². The molecule has 3 rings (SSSR count). The third-order valence-electron chi connectivity index (χ3n) is 4.12. The van der Waals surface area contributed by atoms with Crippen molar-refractivity contribution in [2.75, 3.05) is 0 Å². The molecule has 3 N–H and O–H groups in total. The van der Waals surface area contributed by atoms with E-state index in [0.29, 0.717) is 5.56 Å². The normalized spacial score (nSPS) is 13.0. The smallest absolute Gasteiger partial charge is 0.322 e. The average Bonchev–Trinajstić information content (AvgIpc) is 2.97. The number of carboxylic acid groups (broad SMARTS) is 1. The third-order valence-corrected chi connectivity index (χ3v) is 5.75. The lowest BCUT2D eigenvalue weighted by molar-refractivity contribution is -0.138. The lowest BCUT2D eigenvalue weighted by Gasteiger charge is -2.16. The SMILES string of the molecule is Cc1cc(F)ccc1S(=O)(=O)NC(Cc1c[nH]c2ccccc12)C(=O)O. The molecular formula is C18H17FN2O4S. The van der Waals surface area contributed by atoms with Gasteiger partial charge in [0.25, 0.3) is 0 Å². The Morgan fingerprint density at radius 2 is 2.00 bits per heavy atom. The fraction of sp³-hybridized carbons (Fsp3) is 0.167. The highest BCUT2D eigenvalue weighted by Crippen LogP contribution is 2.21. The molecule has 0 aliphatic rings. The van der Waals surface area contributed by atoms with Gasteiger partial charge in [-0.05, 0) is 42.3 Å². The van der Waals surface area contributed by atoms with Gasteiger partial charge in [0.15, 0.2) is 0 Å². The van der Waals surface area contributed by atoms with Crippen LogP contribution in [0.4, 0.5) is 4.39 Å². The largest absolute Gasteiger partial charge is 0.480 e. The highest BCUT2D eigenvalue weighted by Gasteiger charge is 2.27. The first kappa shape index (κ1) is 18.1. The average molecular weight is 376 g/mol. The monoisotopic (exact) mass is 376 g/mol. The molecular weight excluding hydrogens is 359 g/mol. The van der Waals surface area contributed by atoms with Gasteiger partial charge in [-0.1, -0.05) is 18.2 Å². The van der Waals surface area contributed by atoms with Crippen molar-refractivity contribution in [3.63, 3.8) is 0 Å². The van der Waals surface area contributed by atoms with E-state index in [0.717, 1.165) is 29.1 Å². The summed E-state index contributed by atoms with van der Waals surface area (Å²) in [5, 5.41) is 10.3. The molecule has 8 heteroatoms. The van der Waals surface area contributed by atoms with E-state index in [1.54, 1.807) is 6.20 Å². The number of fused-ring (bicyclic) bond motifs is 1. The van der Waals surface area contributed by atoms with Crippen LogP contribution >= 0.6 is 0 Å². The standard InChI is InChI=1S/C18H17FN2O4S/c1-11-8-13(19)6-7-17(11)26(24,25)21-16(18(22)23)9-12-10-20-15-5-3-2-4-14(12)15/h2-8,10,16,20-21H,9H2,1H3,(H,22,23). The summed E-state index contributed by atoms with van der Waals surface area (Å²) >= 11 is 0. The molecule has 6 nitrogen and oxygen atoms in total. The minimum atomic E-state index is -4.12. The van der Waals surface area contributed by atoms with Crippen molar-refractivity contribution in [3.05, 3.63) is 65.6 Å². The van der Waals surface area contributed by atoms with E-state index in [4.69, 9.17) is 0 Å². The van der Waals surface area contributed by atoms with Crippen LogP contribution < -0.4 is 4.72 Å². The quantitative estimate of drug-likeness (QED) is 0.616. The van der Waals surface area contributed by atoms with Gasteiger partial charge in [-0.15, -0.1) is 0 Å². The minimum absolute atomic E-state index is 0.0289. The van der Waals surface area contributed by atoms with E-state index in [9.17, 15) is 22.7 Å². The Morgan fingerprint density at radius 1 is 1.27 bits per heavy atom. The van der Waals surface area contributed by atoms with Gasteiger partial charge in [0.2, 0.25) is 10.0 Å². The van der Waals surface area contributed by atoms with E-state index in [1.165, 1.54) is 6.92 Å². The number of rotatable bonds is 6. The van der Waals surface area contributed by atoms with Gasteiger partial charge in [-0.2, -0.15) is 4.72 Å². The fourth-order valence-corrected chi connectivity index (χ4v) is 4.28. The highest BCUT2D eigenvalue weighted by atomic mass is 32.2. The highest BCUT2D eigenvalue weighted by molar-refractivity contribution is 7.89. The minimum Gasteiger partial charge on any atom is -0.480 e. The number of nitrogens with one attached hydrogen (secondary N) is 2. The maximum atomic E-state index is 13.2. The maximum Gasteiger partial charge on any atom is 0.322 e. The zero-order valence-corrected chi connectivity index (χ0v) is 14.7. The summed E-state index contributed by atoms with van der Waals surface area (Å²) in [6.45, 7) is 1.45. The number of aromatic amines is 1. The van der Waals surface area contributed by atoms with E-state index >= 15 is 0 Å². The van der Waals surface area contributed by atoms with Crippen LogP contribution in [0.2, 0.25) is 0 Å². The third kappa shape index (κ3) is 3.61. The fourth-order valence-electron chi connectivity index (χ4n) is 2.86. The van der Waals surface area contributed by atoms with Crippen LogP contribution in [-0.4, -0.2) is 30.5 Å². The summed E-state index contributed by atoms with van der Waals surface area (Å²) in [7, 11) is -4.12. The second-order valence-electron chi connectivity index (χ2n) is 5.99. The Hall–Kier alpha value is -2.71. The summed E-state index contributed by atoms with van der Waals surface area (Å²) in [6, 6.07) is 9.22. The van der Waals surface area contributed by atoms with Crippen molar-refractivity contribution in [3.8, 4) is 0 Å². The molecule has 1 heterocycles. The summed E-state index contributed by atoms with van der Waals surface area (Å²) in [5.41, 5.74) is 1.73. The van der Waals surface area contributed by atoms with Gasteiger partial charge in [0, 0.05) is 23.5 Å². The Morgan fingerprint density at radius 3 is 2.69 bits per heavy atom. The van der Waals surface area contributed by atoms with Gasteiger partial charge in [-0.3, -0.25) is 4.79 Å². The molecule has 0 saturated heterocycles. The van der Waals surface area contributed by atoms with Crippen LogP contribution in [0, 0.1) is 12.7 Å². The predicted octanol–water partition coefficient (Wildman–Crippen LogP) is 2.59. The number of aryl methyl sites for hydroxylation is 1. The summed E-state index contributed by atoms with van der Waals surface area (Å²) in [6.07, 6.45) is 1.64. The Balaban J connectivity index is 1.90. The van der Waals surface area contributed by atoms with Gasteiger partial charge >= 0.3 is 5.97 Å². The molecule has 0 bridgehead atoms. The van der Waals surface area contributed by atoms with Crippen LogP contribution in [0.5, 0.6) is 0 Å². The Kier molecular flexibility index (Phi) is 4.80. The molecule has 0 radical (unpaired) electrons. The lowest BCUT2D eigenvalue weighted by atomic mass is 10.1. The summed E-state index contributed by atoms with van der Waals surface area (Å²) in [5.74, 6) is -1.85. The molecule has 1 aromatic heterocycles. The molecule has 0 spiro atoms. The van der Waals surface area contributed by atoms with Crippen molar-refractivity contribution in [2.45, 2.75) is 24.3 Å². The van der Waals surface area contributed by atoms with Gasteiger partial charge < -0.3 is 10.1 Å². The number of carbonyl (C=O) groups is 1. The van der Waals surface area contributed by atoms with Crippen molar-refractivity contribution >= 4 is 26.9 Å². The second kappa shape index (κ2) is 6.89. The van der Waals surface area contributed by atoms with Crippen LogP contribution in [-0.2, 0) is 21.2 Å². The van der Waals surface area contributed by atoms with Gasteiger partial charge in [-0.25, -0.2) is 12.8 Å². The number of H-pyrrole nitrogens is 1. The van der Waals surface area contributed by atoms with E-state index in [1.807, 2.05) is 24.3 Å². The van der Waals surface area contributed by atoms with Gasteiger partial charge in [0.05, 0.1) is 4.90 Å². The zero-order chi connectivity index (χ0) is 18.9. The molecule has 26 heavy (non-hydrogen) atoms. The molecule has 3 aromatic rings. The molecule has 0 aliphatic heterocycles. The molecule has 1 atom stereocenters. The Bertz CT molecular complexity index is 1080. The van der Waals surface area contributed by atoms with Gasteiger partial charge in [0.1, 0.15) is 11.9 Å². The number of hydrogen-bond donors (Lipinski definition) is 3. The first-order valence-electron chi connectivity index (χ1n) is 7.84. The number of hydrogen-bond acceptors (Lipinski definition) is 3. The number of aliphatic carboxylic acids is 1. The van der Waals surface area contributed by atoms with Crippen molar-refractivity contribution in [1.82, 2.24) is 9.71 Å². The number of carboxylic acids is 1. The van der Waals surface area contributed by atoms with Crippen LogP contribution in [0.25, 0.3) is 10.9 Å². The number of para-hydroxylation sites is 1. The molecule has 2 aromatic carbocycles. The lowest BCUT2D eigenvalue weighted by Crippen LogP contribution is -2.42. The van der Waals surface area contributed by atoms with E-state index in [2.05, 4.69) is 9.71 Å². The maximum absolute atomic E-state index is 13.2. The molecule has 0 saturated carbocycles. The van der Waals surface area contributed by atoms with E-state index < -0.39 is 27.9 Å². The van der Waals surface area contributed by atoms with E-state index in [-0.39, 0.29) is 16.9 Å². The summed E-state index contributed by atoms with van der Waals surface area (Å²) in [4.78, 5) is 14.5. The predicted molar refractivity (Wildman–Crippen MR) is 94.9 cm³/mol. The molecule has 1 unspecified atom stereocenters. The number of halogens is 1. The molecule has 0 amide bonds. The van der Waals surface area contributed by atoms with Crippen molar-refractivity contribution < 1.29 is 22.7 Å². The molecule has 136 valence electrons. The zero-order valence-electron chi connectivity index (χ0n) is 13.9. The first-order chi connectivity index (χ1) is 12.3. The number of sulfonamides is 1. The summed E-state index contributed by atoms with van der Waals surface area (Å²) < 4.78 is 40.6. The molecule has 0 aliphatic carbocycles. The first-order valence-corrected chi connectivity index (χ1v) is 9.32. The van der Waals surface area contributed by atoms with Crippen LogP contribution in [0.15, 0.2) is 53.6 Å². The number of aromatic nitrogens is 1. The molecule has 0 fully saturated rings. The number of benzene rings is 2. The van der Waals surface area contributed by atoms with Crippen molar-refractivity contribution in [1.29, 1.82) is 0 Å². The van der Waals surface area contributed by atoms with Crippen LogP contribution in [0.3, 0.4) is 0 Å². The van der Waals surface area contributed by atoms with Crippen LogP contribution in [0.1, 0.15) is 11.1 Å².